The zero-order chi connectivity index (χ0) is 16.7. The third-order valence-corrected chi connectivity index (χ3v) is 3.02. The molecule has 1 aromatic heterocycles. The number of pyridine rings is 1. The maximum absolute atomic E-state index is 12.4. The van der Waals surface area contributed by atoms with Gasteiger partial charge < -0.3 is 15.4 Å². The highest BCUT2D eigenvalue weighted by Crippen LogP contribution is 2.23. The fraction of sp³-hybridized carbons (Fsp3) is 0.200. The Morgan fingerprint density at radius 3 is 2.70 bits per heavy atom. The van der Waals surface area contributed by atoms with Crippen LogP contribution in [0.2, 0.25) is 0 Å². The maximum atomic E-state index is 12.4. The summed E-state index contributed by atoms with van der Waals surface area (Å²) in [5.41, 5.74) is 1.09. The van der Waals surface area contributed by atoms with Crippen LogP contribution < -0.4 is 10.6 Å². The van der Waals surface area contributed by atoms with Gasteiger partial charge >= 0.3 is 0 Å². The molecule has 2 rings (SSSR count). The van der Waals surface area contributed by atoms with Crippen LogP contribution in [-0.2, 0) is 4.74 Å². The van der Waals surface area contributed by atoms with Crippen molar-refractivity contribution in [2.75, 3.05) is 30.9 Å². The number of aromatic nitrogens is 1. The molecule has 0 saturated heterocycles. The van der Waals surface area contributed by atoms with Gasteiger partial charge in [-0.2, -0.15) is 0 Å². The number of nitrogens with one attached hydrogen (secondary N) is 2. The van der Waals surface area contributed by atoms with Crippen molar-refractivity contribution in [3.63, 3.8) is 0 Å². The minimum atomic E-state index is -0.540. The minimum Gasteiger partial charge on any atom is -0.383 e. The van der Waals surface area contributed by atoms with Gasteiger partial charge in [0.1, 0.15) is 0 Å². The number of methoxy groups -OCH3 is 1. The van der Waals surface area contributed by atoms with Gasteiger partial charge in [0.15, 0.2) is 0 Å². The topological polar surface area (TPSA) is 106 Å². The molecule has 0 radical (unpaired) electrons. The molecule has 8 heteroatoms. The van der Waals surface area contributed by atoms with E-state index in [-0.39, 0.29) is 11.3 Å². The van der Waals surface area contributed by atoms with Crippen LogP contribution in [0.25, 0.3) is 0 Å². The lowest BCUT2D eigenvalue weighted by Gasteiger charge is -2.12. The molecule has 0 fully saturated rings. The van der Waals surface area contributed by atoms with Crippen molar-refractivity contribution in [1.82, 2.24) is 4.98 Å². The van der Waals surface area contributed by atoms with Crippen LogP contribution in [0.15, 0.2) is 42.7 Å². The smallest absolute Gasteiger partial charge is 0.270 e. The fourth-order valence-corrected chi connectivity index (χ4v) is 1.91. The van der Waals surface area contributed by atoms with E-state index in [1.165, 1.54) is 18.2 Å². The average Bonchev–Trinajstić information content (AvgIpc) is 2.56. The monoisotopic (exact) mass is 316 g/mol. The number of nitro benzene ring substituents is 1. The van der Waals surface area contributed by atoms with Crippen molar-refractivity contribution in [3.8, 4) is 0 Å². The molecule has 0 atom stereocenters. The standard InChI is InChI=1S/C15H16N4O4/c1-23-9-8-17-14-3-2-12(19(21)22)10-13(14)15(20)18-11-4-6-16-7-5-11/h2-7,10,17H,8-9H2,1H3,(H,16,18,20). The Bertz CT molecular complexity index is 691. The largest absolute Gasteiger partial charge is 0.383 e. The summed E-state index contributed by atoms with van der Waals surface area (Å²) in [5, 5.41) is 16.6. The fourth-order valence-electron chi connectivity index (χ4n) is 1.91. The van der Waals surface area contributed by atoms with E-state index < -0.39 is 10.8 Å². The molecule has 1 heterocycles. The Labute approximate surface area is 132 Å². The molecule has 2 aromatic rings. The summed E-state index contributed by atoms with van der Waals surface area (Å²) < 4.78 is 4.94. The van der Waals surface area contributed by atoms with E-state index >= 15 is 0 Å². The van der Waals surface area contributed by atoms with Gasteiger partial charge in [-0.25, -0.2) is 0 Å². The van der Waals surface area contributed by atoms with Gasteiger partial charge in [-0.3, -0.25) is 19.9 Å². The molecule has 0 bridgehead atoms. The predicted octanol–water partition coefficient (Wildman–Crippen LogP) is 2.30. The van der Waals surface area contributed by atoms with Gasteiger partial charge in [0.2, 0.25) is 0 Å². The van der Waals surface area contributed by atoms with Gasteiger partial charge in [0.05, 0.1) is 17.1 Å². The van der Waals surface area contributed by atoms with Gasteiger partial charge in [-0.1, -0.05) is 0 Å². The van der Waals surface area contributed by atoms with Crippen molar-refractivity contribution >= 4 is 23.0 Å². The number of carbonyl (C=O) groups is 1. The normalized spacial score (nSPS) is 10.1. The number of amides is 1. The van der Waals surface area contributed by atoms with Crippen molar-refractivity contribution in [3.05, 3.63) is 58.4 Å². The molecule has 8 nitrogen and oxygen atoms in total. The number of hydrogen-bond acceptors (Lipinski definition) is 6. The zero-order valence-electron chi connectivity index (χ0n) is 12.5. The number of benzene rings is 1. The third-order valence-electron chi connectivity index (χ3n) is 3.02. The second kappa shape index (κ2) is 7.85. The first-order chi connectivity index (χ1) is 11.1. The number of anilines is 2. The molecule has 1 aromatic carbocycles. The molecule has 0 unspecified atom stereocenters. The summed E-state index contributed by atoms with van der Waals surface area (Å²) in [6.07, 6.45) is 3.08. The van der Waals surface area contributed by atoms with Crippen LogP contribution in [-0.4, -0.2) is 36.1 Å². The molecule has 1 amide bonds. The van der Waals surface area contributed by atoms with E-state index in [9.17, 15) is 14.9 Å². The molecule has 120 valence electrons. The Morgan fingerprint density at radius 1 is 1.30 bits per heavy atom. The lowest BCUT2D eigenvalue weighted by atomic mass is 10.1. The zero-order valence-corrected chi connectivity index (χ0v) is 12.5. The number of non-ortho nitro benzene ring substituents is 1. The average molecular weight is 316 g/mol. The summed E-state index contributed by atoms with van der Waals surface area (Å²) in [5.74, 6) is -0.445. The Balaban J connectivity index is 2.26. The van der Waals surface area contributed by atoms with Gasteiger partial charge in [0.25, 0.3) is 11.6 Å². The molecule has 0 aliphatic carbocycles. The summed E-state index contributed by atoms with van der Waals surface area (Å²) in [6.45, 7) is 0.923. The van der Waals surface area contributed by atoms with E-state index in [1.807, 2.05) is 0 Å². The van der Waals surface area contributed by atoms with E-state index in [4.69, 9.17) is 4.74 Å². The van der Waals surface area contributed by atoms with Crippen LogP contribution in [0.1, 0.15) is 10.4 Å². The van der Waals surface area contributed by atoms with Crippen LogP contribution >= 0.6 is 0 Å². The second-order valence-electron chi connectivity index (χ2n) is 4.60. The minimum absolute atomic E-state index is 0.151. The predicted molar refractivity (Wildman–Crippen MR) is 85.7 cm³/mol. The van der Waals surface area contributed by atoms with Crippen molar-refractivity contribution < 1.29 is 14.5 Å². The summed E-state index contributed by atoms with van der Waals surface area (Å²) in [7, 11) is 1.56. The molecule has 0 aliphatic rings. The van der Waals surface area contributed by atoms with Crippen LogP contribution in [0.4, 0.5) is 17.1 Å². The molecule has 0 aliphatic heterocycles. The Hall–Kier alpha value is -3.00. The second-order valence-corrected chi connectivity index (χ2v) is 4.60. The molecule has 0 saturated carbocycles. The molecular weight excluding hydrogens is 300 g/mol. The molecule has 2 N–H and O–H groups in total. The number of nitro groups is 1. The first-order valence-electron chi connectivity index (χ1n) is 6.84. The first kappa shape index (κ1) is 16.4. The van der Waals surface area contributed by atoms with Gasteiger partial charge in [-0.15, -0.1) is 0 Å². The summed E-state index contributed by atoms with van der Waals surface area (Å²) >= 11 is 0. The van der Waals surface area contributed by atoms with E-state index in [0.29, 0.717) is 24.5 Å². The summed E-state index contributed by atoms with van der Waals surface area (Å²) in [4.78, 5) is 26.7. The van der Waals surface area contributed by atoms with Crippen LogP contribution in [0, 0.1) is 10.1 Å². The van der Waals surface area contributed by atoms with E-state index in [0.717, 1.165) is 0 Å². The van der Waals surface area contributed by atoms with E-state index in [2.05, 4.69) is 15.6 Å². The lowest BCUT2D eigenvalue weighted by Crippen LogP contribution is -2.16. The highest BCUT2D eigenvalue weighted by molar-refractivity contribution is 6.08. The van der Waals surface area contributed by atoms with Gasteiger partial charge in [0, 0.05) is 49.6 Å². The van der Waals surface area contributed by atoms with Gasteiger partial charge in [-0.05, 0) is 18.2 Å². The Kier molecular flexibility index (Phi) is 5.59. The number of ether oxygens (including phenoxy) is 1. The van der Waals surface area contributed by atoms with E-state index in [1.54, 1.807) is 31.6 Å². The molecule has 23 heavy (non-hydrogen) atoms. The number of rotatable bonds is 7. The molecular formula is C15H16N4O4. The van der Waals surface area contributed by atoms with Crippen LogP contribution in [0.5, 0.6) is 0 Å². The van der Waals surface area contributed by atoms with Crippen molar-refractivity contribution in [2.24, 2.45) is 0 Å². The highest BCUT2D eigenvalue weighted by atomic mass is 16.6. The van der Waals surface area contributed by atoms with Crippen molar-refractivity contribution in [1.29, 1.82) is 0 Å². The SMILES string of the molecule is COCCNc1ccc([N+](=O)[O-])cc1C(=O)Nc1ccncc1. The van der Waals surface area contributed by atoms with Crippen LogP contribution in [0.3, 0.4) is 0 Å². The summed E-state index contributed by atoms with van der Waals surface area (Å²) in [6, 6.07) is 7.36. The number of hydrogen-bond donors (Lipinski definition) is 2. The third kappa shape index (κ3) is 4.48. The number of carbonyl (C=O) groups excluding carboxylic acids is 1. The van der Waals surface area contributed by atoms with Crippen molar-refractivity contribution in [2.45, 2.75) is 0 Å². The number of nitrogens with zero attached hydrogens (tertiary/aromatic N) is 2. The maximum Gasteiger partial charge on any atom is 0.270 e. The quantitative estimate of drug-likeness (QED) is 0.461. The highest BCUT2D eigenvalue weighted by Gasteiger charge is 2.17. The Morgan fingerprint density at radius 2 is 2.04 bits per heavy atom. The first-order valence-corrected chi connectivity index (χ1v) is 6.84. The molecule has 0 spiro atoms. The lowest BCUT2D eigenvalue weighted by molar-refractivity contribution is -0.384.